The molecule has 8 heteroatoms. The van der Waals surface area contributed by atoms with E-state index in [9.17, 15) is 9.59 Å². The number of benzene rings is 2. The second kappa shape index (κ2) is 10.0. The minimum Gasteiger partial charge on any atom is -0.493 e. The van der Waals surface area contributed by atoms with E-state index in [1.165, 1.54) is 0 Å². The number of esters is 1. The molecule has 0 bridgehead atoms. The van der Waals surface area contributed by atoms with Crippen molar-refractivity contribution < 1.29 is 23.8 Å². The molecule has 1 unspecified atom stereocenters. The molecule has 1 aliphatic carbocycles. The summed E-state index contributed by atoms with van der Waals surface area (Å²) < 4.78 is 17.3. The lowest BCUT2D eigenvalue weighted by Gasteiger charge is -2.44. The Labute approximate surface area is 220 Å². The molecule has 0 spiro atoms. The van der Waals surface area contributed by atoms with Crippen molar-refractivity contribution in [3.8, 4) is 11.5 Å². The van der Waals surface area contributed by atoms with Gasteiger partial charge in [-0.15, -0.1) is 0 Å². The third kappa shape index (κ3) is 4.62. The van der Waals surface area contributed by atoms with Gasteiger partial charge in [0.25, 0.3) is 0 Å². The lowest BCUT2D eigenvalue weighted by Crippen LogP contribution is -2.43. The van der Waals surface area contributed by atoms with Crippen LogP contribution in [0.25, 0.3) is 0 Å². The van der Waals surface area contributed by atoms with Crippen LogP contribution >= 0.6 is 15.9 Å². The summed E-state index contributed by atoms with van der Waals surface area (Å²) in [5.74, 6) is 0.0267. The van der Waals surface area contributed by atoms with Gasteiger partial charge in [-0.1, -0.05) is 35.8 Å². The summed E-state index contributed by atoms with van der Waals surface area (Å²) in [5, 5.41) is 0. The number of hydrogen-bond donors (Lipinski definition) is 1. The molecule has 2 N–H and O–H groups in total. The molecule has 0 aromatic heterocycles. The van der Waals surface area contributed by atoms with Crippen molar-refractivity contribution in [2.45, 2.75) is 39.5 Å². The van der Waals surface area contributed by atoms with E-state index < -0.39 is 11.9 Å². The summed E-state index contributed by atoms with van der Waals surface area (Å²) >= 11 is 3.48. The summed E-state index contributed by atoms with van der Waals surface area (Å²) in [4.78, 5) is 29.1. The first-order valence-corrected chi connectivity index (χ1v) is 12.6. The first-order chi connectivity index (χ1) is 17.1. The van der Waals surface area contributed by atoms with Crippen molar-refractivity contribution in [1.29, 1.82) is 0 Å². The zero-order valence-corrected chi connectivity index (χ0v) is 22.8. The van der Waals surface area contributed by atoms with Crippen LogP contribution in [0.5, 0.6) is 11.5 Å². The third-order valence-electron chi connectivity index (χ3n) is 6.58. The lowest BCUT2D eigenvalue weighted by atomic mass is 9.68. The second-order valence-corrected chi connectivity index (χ2v) is 10.6. The molecular weight excluding hydrogens is 524 g/mol. The number of anilines is 1. The number of ether oxygens (including phenoxy) is 3. The first-order valence-electron chi connectivity index (χ1n) is 11.8. The van der Waals surface area contributed by atoms with Crippen LogP contribution in [0.15, 0.2) is 69.6 Å². The average Bonchev–Trinajstić information content (AvgIpc) is 2.83. The van der Waals surface area contributed by atoms with Crippen molar-refractivity contribution in [2.75, 3.05) is 25.7 Å². The normalized spacial score (nSPS) is 19.2. The number of methoxy groups -OCH3 is 2. The SMILES string of the molecule is CCOC(=O)C1=C(N)N(c2ccc(Br)cc2)C2=C(C(=O)CC(C)(C)C2)C1c1ccc(OC)c(OC)c1. The van der Waals surface area contributed by atoms with Gasteiger partial charge in [-0.2, -0.15) is 0 Å². The molecule has 1 atom stereocenters. The van der Waals surface area contributed by atoms with Gasteiger partial charge in [-0.3, -0.25) is 9.69 Å². The number of rotatable bonds is 6. The Morgan fingerprint density at radius 2 is 1.75 bits per heavy atom. The number of nitrogens with zero attached hydrogens (tertiary/aromatic N) is 1. The minimum atomic E-state index is -0.700. The van der Waals surface area contributed by atoms with Gasteiger partial charge in [0.2, 0.25) is 0 Å². The fraction of sp³-hybridized carbons (Fsp3) is 0.357. The highest BCUT2D eigenvalue weighted by Gasteiger charge is 2.46. The van der Waals surface area contributed by atoms with Gasteiger partial charge in [-0.25, -0.2) is 4.79 Å². The molecule has 36 heavy (non-hydrogen) atoms. The van der Waals surface area contributed by atoms with Gasteiger partial charge in [0.15, 0.2) is 17.3 Å². The van der Waals surface area contributed by atoms with E-state index in [2.05, 4.69) is 29.8 Å². The highest BCUT2D eigenvalue weighted by molar-refractivity contribution is 9.10. The molecule has 0 radical (unpaired) electrons. The number of carbonyl (C=O) groups excluding carboxylic acids is 2. The maximum atomic E-state index is 13.8. The fourth-order valence-electron chi connectivity index (χ4n) is 5.07. The maximum absolute atomic E-state index is 13.8. The van der Waals surface area contributed by atoms with Crippen molar-refractivity contribution in [3.05, 3.63) is 75.2 Å². The molecule has 7 nitrogen and oxygen atoms in total. The average molecular weight is 555 g/mol. The molecule has 1 heterocycles. The number of Topliss-reactive ketones (excluding diaryl/α,β-unsaturated/α-hetero) is 1. The molecule has 1 aliphatic heterocycles. The molecule has 2 aliphatic rings. The van der Waals surface area contributed by atoms with E-state index in [-0.39, 0.29) is 29.2 Å². The van der Waals surface area contributed by atoms with Gasteiger partial charge < -0.3 is 19.9 Å². The smallest absolute Gasteiger partial charge is 0.338 e. The molecule has 0 saturated carbocycles. The largest absolute Gasteiger partial charge is 0.493 e. The van der Waals surface area contributed by atoms with Crippen LogP contribution in [0.4, 0.5) is 5.69 Å². The van der Waals surface area contributed by atoms with E-state index in [1.54, 1.807) is 33.3 Å². The fourth-order valence-corrected chi connectivity index (χ4v) is 5.33. The van der Waals surface area contributed by atoms with Crippen LogP contribution in [-0.4, -0.2) is 32.6 Å². The second-order valence-electron chi connectivity index (χ2n) is 9.68. The van der Waals surface area contributed by atoms with Crippen LogP contribution in [0.2, 0.25) is 0 Å². The Balaban J connectivity index is 2.03. The summed E-state index contributed by atoms with van der Waals surface area (Å²) in [6, 6.07) is 13.0. The molecule has 0 fully saturated rings. The molecular formula is C28H31BrN2O5. The standard InChI is InChI=1S/C28H31BrN2O5/c1-6-36-27(33)25-23(16-7-12-21(34-4)22(13-16)35-5)24-19(14-28(2,3)15-20(24)32)31(26(25)30)18-10-8-17(29)9-11-18/h7-13,23H,6,14-15,30H2,1-5H3. The highest BCUT2D eigenvalue weighted by Crippen LogP contribution is 2.51. The topological polar surface area (TPSA) is 91.1 Å². The zero-order valence-electron chi connectivity index (χ0n) is 21.2. The van der Waals surface area contributed by atoms with Gasteiger partial charge in [0, 0.05) is 27.9 Å². The lowest BCUT2D eigenvalue weighted by molar-refractivity contribution is -0.138. The Morgan fingerprint density at radius 3 is 2.36 bits per heavy atom. The quantitative estimate of drug-likeness (QED) is 0.475. The van der Waals surface area contributed by atoms with Crippen LogP contribution in [0.3, 0.4) is 0 Å². The Bertz CT molecular complexity index is 1260. The summed E-state index contributed by atoms with van der Waals surface area (Å²) in [6.07, 6.45) is 0.977. The van der Waals surface area contributed by atoms with Crippen LogP contribution in [-0.2, 0) is 14.3 Å². The van der Waals surface area contributed by atoms with Gasteiger partial charge >= 0.3 is 5.97 Å². The predicted octanol–water partition coefficient (Wildman–Crippen LogP) is 5.45. The molecule has 2 aromatic rings. The van der Waals surface area contributed by atoms with Crippen LogP contribution in [0, 0.1) is 5.41 Å². The monoisotopic (exact) mass is 554 g/mol. The summed E-state index contributed by atoms with van der Waals surface area (Å²) in [5.41, 5.74) is 9.60. The Morgan fingerprint density at radius 1 is 1.08 bits per heavy atom. The van der Waals surface area contributed by atoms with Crippen molar-refractivity contribution in [1.82, 2.24) is 0 Å². The maximum Gasteiger partial charge on any atom is 0.338 e. The number of carbonyl (C=O) groups is 2. The van der Waals surface area contributed by atoms with E-state index in [1.807, 2.05) is 35.2 Å². The summed E-state index contributed by atoms with van der Waals surface area (Å²) in [7, 11) is 3.11. The van der Waals surface area contributed by atoms with E-state index in [0.717, 1.165) is 15.9 Å². The van der Waals surface area contributed by atoms with E-state index >= 15 is 0 Å². The third-order valence-corrected chi connectivity index (χ3v) is 7.11. The molecule has 0 saturated heterocycles. The highest BCUT2D eigenvalue weighted by atomic mass is 79.9. The number of ketones is 1. The first kappa shape index (κ1) is 25.8. The Kier molecular flexibility index (Phi) is 7.18. The molecule has 0 amide bonds. The molecule has 2 aromatic carbocycles. The van der Waals surface area contributed by atoms with E-state index in [0.29, 0.717) is 35.5 Å². The van der Waals surface area contributed by atoms with Crippen molar-refractivity contribution >= 4 is 33.4 Å². The number of nitrogens with two attached hydrogens (primary N) is 1. The molecule has 190 valence electrons. The number of hydrogen-bond acceptors (Lipinski definition) is 7. The van der Waals surface area contributed by atoms with Crippen molar-refractivity contribution in [3.63, 3.8) is 0 Å². The van der Waals surface area contributed by atoms with Gasteiger partial charge in [-0.05, 0) is 60.7 Å². The van der Waals surface area contributed by atoms with Crippen molar-refractivity contribution in [2.24, 2.45) is 11.1 Å². The van der Waals surface area contributed by atoms with Crippen LogP contribution in [0.1, 0.15) is 45.1 Å². The minimum absolute atomic E-state index is 0.0163. The van der Waals surface area contributed by atoms with Gasteiger partial charge in [0.05, 0.1) is 32.3 Å². The molecule has 4 rings (SSSR count). The Hall–Kier alpha value is -3.26. The van der Waals surface area contributed by atoms with Gasteiger partial charge in [0.1, 0.15) is 5.82 Å². The number of allylic oxidation sites excluding steroid dienone is 2. The predicted molar refractivity (Wildman–Crippen MR) is 142 cm³/mol. The van der Waals surface area contributed by atoms with Crippen LogP contribution < -0.4 is 20.1 Å². The summed E-state index contributed by atoms with van der Waals surface area (Å²) in [6.45, 7) is 6.06. The zero-order chi connectivity index (χ0) is 26.2. The number of halogens is 1. The van der Waals surface area contributed by atoms with E-state index in [4.69, 9.17) is 19.9 Å².